The zero-order valence-corrected chi connectivity index (χ0v) is 13.0. The van der Waals surface area contributed by atoms with Gasteiger partial charge in [-0.2, -0.15) is 0 Å². The summed E-state index contributed by atoms with van der Waals surface area (Å²) in [6.45, 7) is 3.67. The van der Waals surface area contributed by atoms with Gasteiger partial charge in [0.2, 0.25) is 0 Å². The standard InChI is InChI=1S/C17H22FNO3/c1-11-5-3-4-6-15(11)19-16(20)12(2)22-17(21)13-7-9-14(18)10-8-13/h7-12,15H,3-6H2,1-2H3,(H,19,20). The molecule has 5 heteroatoms. The molecule has 0 heterocycles. The van der Waals surface area contributed by atoms with E-state index in [-0.39, 0.29) is 17.5 Å². The highest BCUT2D eigenvalue weighted by Crippen LogP contribution is 2.23. The summed E-state index contributed by atoms with van der Waals surface area (Å²) in [5.74, 6) is -0.889. The van der Waals surface area contributed by atoms with Gasteiger partial charge in [-0.3, -0.25) is 4.79 Å². The van der Waals surface area contributed by atoms with Gasteiger partial charge in [0.1, 0.15) is 5.82 Å². The quantitative estimate of drug-likeness (QED) is 0.870. The van der Waals surface area contributed by atoms with Crippen LogP contribution >= 0.6 is 0 Å². The number of rotatable bonds is 4. The number of hydrogen-bond acceptors (Lipinski definition) is 3. The van der Waals surface area contributed by atoms with Gasteiger partial charge in [-0.15, -0.1) is 0 Å². The van der Waals surface area contributed by atoms with E-state index in [1.807, 2.05) is 0 Å². The van der Waals surface area contributed by atoms with Gasteiger partial charge in [-0.1, -0.05) is 19.8 Å². The van der Waals surface area contributed by atoms with Crippen LogP contribution in [0.1, 0.15) is 49.9 Å². The van der Waals surface area contributed by atoms with E-state index in [9.17, 15) is 14.0 Å². The molecule has 0 aromatic heterocycles. The molecule has 0 spiro atoms. The third-order valence-corrected chi connectivity index (χ3v) is 4.17. The van der Waals surface area contributed by atoms with Crippen LogP contribution in [0.3, 0.4) is 0 Å². The van der Waals surface area contributed by atoms with E-state index >= 15 is 0 Å². The first-order valence-electron chi connectivity index (χ1n) is 7.74. The van der Waals surface area contributed by atoms with Crippen LogP contribution < -0.4 is 5.32 Å². The van der Waals surface area contributed by atoms with Crippen LogP contribution in [0.15, 0.2) is 24.3 Å². The van der Waals surface area contributed by atoms with Crippen LogP contribution in [-0.2, 0) is 9.53 Å². The Morgan fingerprint density at radius 3 is 2.50 bits per heavy atom. The molecular formula is C17H22FNO3. The minimum Gasteiger partial charge on any atom is -0.449 e. The summed E-state index contributed by atoms with van der Waals surface area (Å²) < 4.78 is 18.0. The number of hydrogen-bond donors (Lipinski definition) is 1. The predicted molar refractivity (Wildman–Crippen MR) is 80.8 cm³/mol. The average molecular weight is 307 g/mol. The summed E-state index contributed by atoms with van der Waals surface area (Å²) in [6, 6.07) is 5.20. The van der Waals surface area contributed by atoms with Crippen molar-refractivity contribution in [2.24, 2.45) is 5.92 Å². The molecule has 0 saturated heterocycles. The molecule has 3 atom stereocenters. The lowest BCUT2D eigenvalue weighted by molar-refractivity contribution is -0.130. The molecule has 1 amide bonds. The summed E-state index contributed by atoms with van der Waals surface area (Å²) >= 11 is 0. The molecular weight excluding hydrogens is 285 g/mol. The topological polar surface area (TPSA) is 55.4 Å². The second-order valence-corrected chi connectivity index (χ2v) is 5.93. The zero-order valence-electron chi connectivity index (χ0n) is 13.0. The number of ether oxygens (including phenoxy) is 1. The minimum atomic E-state index is -0.869. The Balaban J connectivity index is 1.87. The number of nitrogens with one attached hydrogen (secondary N) is 1. The highest BCUT2D eigenvalue weighted by Gasteiger charge is 2.26. The molecule has 4 nitrogen and oxygen atoms in total. The van der Waals surface area contributed by atoms with Crippen LogP contribution in [0.2, 0.25) is 0 Å². The van der Waals surface area contributed by atoms with Crippen molar-refractivity contribution in [1.82, 2.24) is 5.32 Å². The Hall–Kier alpha value is -1.91. The van der Waals surface area contributed by atoms with Crippen molar-refractivity contribution in [3.05, 3.63) is 35.6 Å². The number of amides is 1. The summed E-state index contributed by atoms with van der Waals surface area (Å²) in [5, 5.41) is 2.96. The van der Waals surface area contributed by atoms with E-state index < -0.39 is 17.9 Å². The molecule has 0 aliphatic heterocycles. The average Bonchev–Trinajstić information content (AvgIpc) is 2.50. The van der Waals surface area contributed by atoms with Crippen molar-refractivity contribution >= 4 is 11.9 Å². The van der Waals surface area contributed by atoms with Crippen molar-refractivity contribution in [3.63, 3.8) is 0 Å². The molecule has 2 rings (SSSR count). The summed E-state index contributed by atoms with van der Waals surface area (Å²) in [5.41, 5.74) is 0.229. The maximum Gasteiger partial charge on any atom is 0.338 e. The van der Waals surface area contributed by atoms with Crippen molar-refractivity contribution in [2.45, 2.75) is 51.7 Å². The normalized spacial score (nSPS) is 22.7. The van der Waals surface area contributed by atoms with E-state index in [1.165, 1.54) is 30.7 Å². The second-order valence-electron chi connectivity index (χ2n) is 5.93. The maximum atomic E-state index is 12.8. The molecule has 1 saturated carbocycles. The lowest BCUT2D eigenvalue weighted by Crippen LogP contribution is -2.45. The molecule has 120 valence electrons. The number of esters is 1. The molecule has 1 aliphatic carbocycles. The molecule has 0 radical (unpaired) electrons. The van der Waals surface area contributed by atoms with Crippen molar-refractivity contribution < 1.29 is 18.7 Å². The van der Waals surface area contributed by atoms with Crippen molar-refractivity contribution in [2.75, 3.05) is 0 Å². The Kier molecular flexibility index (Phi) is 5.52. The predicted octanol–water partition coefficient (Wildman–Crippen LogP) is 3.07. The number of halogens is 1. The first-order chi connectivity index (χ1) is 10.5. The lowest BCUT2D eigenvalue weighted by atomic mass is 9.86. The van der Waals surface area contributed by atoms with Gasteiger partial charge < -0.3 is 10.1 Å². The van der Waals surface area contributed by atoms with E-state index in [1.54, 1.807) is 6.92 Å². The van der Waals surface area contributed by atoms with Crippen LogP contribution in [-0.4, -0.2) is 24.0 Å². The highest BCUT2D eigenvalue weighted by atomic mass is 19.1. The molecule has 1 fully saturated rings. The van der Waals surface area contributed by atoms with Crippen LogP contribution in [0.5, 0.6) is 0 Å². The smallest absolute Gasteiger partial charge is 0.338 e. The minimum absolute atomic E-state index is 0.147. The molecule has 1 aromatic rings. The van der Waals surface area contributed by atoms with Gasteiger partial charge in [0, 0.05) is 6.04 Å². The monoisotopic (exact) mass is 307 g/mol. The van der Waals surface area contributed by atoms with Crippen molar-refractivity contribution in [3.8, 4) is 0 Å². The van der Waals surface area contributed by atoms with Crippen molar-refractivity contribution in [1.29, 1.82) is 0 Å². The highest BCUT2D eigenvalue weighted by molar-refractivity contribution is 5.92. The van der Waals surface area contributed by atoms with E-state index in [0.29, 0.717) is 5.92 Å². The van der Waals surface area contributed by atoms with Gasteiger partial charge in [-0.25, -0.2) is 9.18 Å². The van der Waals surface area contributed by atoms with Gasteiger partial charge in [0.25, 0.3) is 5.91 Å². The Morgan fingerprint density at radius 1 is 1.23 bits per heavy atom. The fourth-order valence-corrected chi connectivity index (χ4v) is 2.70. The van der Waals surface area contributed by atoms with Gasteiger partial charge in [0.15, 0.2) is 6.10 Å². The fraction of sp³-hybridized carbons (Fsp3) is 0.529. The Bertz CT molecular complexity index is 529. The van der Waals surface area contributed by atoms with Crippen LogP contribution in [0, 0.1) is 11.7 Å². The first-order valence-corrected chi connectivity index (χ1v) is 7.74. The molecule has 1 N–H and O–H groups in total. The molecule has 1 aliphatic rings. The van der Waals surface area contributed by atoms with Crippen LogP contribution in [0.4, 0.5) is 4.39 Å². The van der Waals surface area contributed by atoms with Gasteiger partial charge >= 0.3 is 5.97 Å². The SMILES string of the molecule is CC(OC(=O)c1ccc(F)cc1)C(=O)NC1CCCCC1C. The number of carbonyl (C=O) groups is 2. The zero-order chi connectivity index (χ0) is 16.1. The lowest BCUT2D eigenvalue weighted by Gasteiger charge is -2.30. The van der Waals surface area contributed by atoms with E-state index in [2.05, 4.69) is 12.2 Å². The molecule has 0 bridgehead atoms. The first kappa shape index (κ1) is 16.5. The third-order valence-electron chi connectivity index (χ3n) is 4.17. The summed E-state index contributed by atoms with van der Waals surface area (Å²) in [4.78, 5) is 24.0. The van der Waals surface area contributed by atoms with E-state index in [4.69, 9.17) is 4.74 Å². The maximum absolute atomic E-state index is 12.8. The van der Waals surface area contributed by atoms with Crippen LogP contribution in [0.25, 0.3) is 0 Å². The molecule has 3 unspecified atom stereocenters. The van der Waals surface area contributed by atoms with Gasteiger partial charge in [0.05, 0.1) is 5.56 Å². The summed E-state index contributed by atoms with van der Waals surface area (Å²) in [7, 11) is 0. The number of benzene rings is 1. The van der Waals surface area contributed by atoms with E-state index in [0.717, 1.165) is 19.3 Å². The third kappa shape index (κ3) is 4.29. The number of carbonyl (C=O) groups excluding carboxylic acids is 2. The molecule has 1 aromatic carbocycles. The Labute approximate surface area is 130 Å². The van der Waals surface area contributed by atoms with Gasteiger partial charge in [-0.05, 0) is 49.9 Å². The fourth-order valence-electron chi connectivity index (χ4n) is 2.70. The largest absolute Gasteiger partial charge is 0.449 e. The second kappa shape index (κ2) is 7.38. The Morgan fingerprint density at radius 2 is 1.86 bits per heavy atom. The summed E-state index contributed by atoms with van der Waals surface area (Å²) in [6.07, 6.45) is 3.51. The molecule has 22 heavy (non-hydrogen) atoms.